The van der Waals surface area contributed by atoms with Crippen molar-refractivity contribution in [2.75, 3.05) is 18.8 Å². The summed E-state index contributed by atoms with van der Waals surface area (Å²) in [4.78, 5) is 12.8. The molecule has 2 aromatic rings. The van der Waals surface area contributed by atoms with Crippen molar-refractivity contribution in [2.45, 2.75) is 25.7 Å². The molecule has 0 radical (unpaired) electrons. The van der Waals surface area contributed by atoms with Gasteiger partial charge in [0.15, 0.2) is 0 Å². The van der Waals surface area contributed by atoms with Crippen molar-refractivity contribution in [3.05, 3.63) is 71.8 Å². The zero-order valence-electron chi connectivity index (χ0n) is 15.0. The Kier molecular flexibility index (Phi) is 7.81. The average Bonchev–Trinajstić information content (AvgIpc) is 2.66. The molecule has 2 N–H and O–H groups in total. The first-order valence-electron chi connectivity index (χ1n) is 8.88. The summed E-state index contributed by atoms with van der Waals surface area (Å²) in [6, 6.07) is 19.1. The summed E-state index contributed by atoms with van der Waals surface area (Å²) in [7, 11) is -3.27. The number of benzene rings is 2. The third-order valence-corrected chi connectivity index (χ3v) is 5.51. The van der Waals surface area contributed by atoms with Crippen LogP contribution in [0, 0.1) is 0 Å². The van der Waals surface area contributed by atoms with E-state index in [4.69, 9.17) is 0 Å². The van der Waals surface area contributed by atoms with E-state index in [1.165, 1.54) is 0 Å². The van der Waals surface area contributed by atoms with Crippen molar-refractivity contribution in [1.29, 1.82) is 0 Å². The Balaban J connectivity index is 1.98. The van der Waals surface area contributed by atoms with Crippen molar-refractivity contribution in [1.82, 2.24) is 10.0 Å². The second kappa shape index (κ2) is 10.1. The van der Waals surface area contributed by atoms with Gasteiger partial charge >= 0.3 is 0 Å². The van der Waals surface area contributed by atoms with E-state index in [-0.39, 0.29) is 24.7 Å². The van der Waals surface area contributed by atoms with Gasteiger partial charge in [-0.15, -0.1) is 0 Å². The molecule has 26 heavy (non-hydrogen) atoms. The predicted octanol–water partition coefficient (Wildman–Crippen LogP) is 2.65. The molecular weight excluding hydrogens is 348 g/mol. The molecule has 0 saturated heterocycles. The quantitative estimate of drug-likeness (QED) is 0.628. The maximum Gasteiger partial charge on any atom is 0.232 e. The van der Waals surface area contributed by atoms with E-state index in [1.54, 1.807) is 0 Å². The van der Waals surface area contributed by atoms with E-state index in [9.17, 15) is 13.2 Å². The lowest BCUT2D eigenvalue weighted by atomic mass is 9.90. The molecule has 0 saturated carbocycles. The first-order chi connectivity index (χ1) is 12.5. The lowest BCUT2D eigenvalue weighted by Gasteiger charge is -2.18. The van der Waals surface area contributed by atoms with Gasteiger partial charge in [0.2, 0.25) is 15.9 Å². The van der Waals surface area contributed by atoms with Gasteiger partial charge in [0, 0.05) is 13.1 Å². The van der Waals surface area contributed by atoms with Gasteiger partial charge in [-0.3, -0.25) is 4.79 Å². The highest BCUT2D eigenvalue weighted by Crippen LogP contribution is 2.24. The molecule has 2 rings (SSSR count). The summed E-state index contributed by atoms with van der Waals surface area (Å²) in [5, 5.41) is 2.84. The Bertz CT molecular complexity index is 738. The Morgan fingerprint density at radius 2 is 1.46 bits per heavy atom. The molecule has 0 aliphatic heterocycles. The van der Waals surface area contributed by atoms with Crippen molar-refractivity contribution in [3.8, 4) is 0 Å². The molecule has 1 amide bonds. The molecule has 0 unspecified atom stereocenters. The third-order valence-electron chi connectivity index (χ3n) is 4.04. The van der Waals surface area contributed by atoms with Crippen LogP contribution < -0.4 is 10.0 Å². The SMILES string of the molecule is CCCCS(=O)(=O)NCCNC(=O)C(c1ccccc1)c1ccccc1. The fourth-order valence-corrected chi connectivity index (χ4v) is 3.91. The minimum atomic E-state index is -3.27. The second-order valence-corrected chi connectivity index (χ2v) is 8.04. The molecule has 0 bridgehead atoms. The number of nitrogens with one attached hydrogen (secondary N) is 2. The lowest BCUT2D eigenvalue weighted by molar-refractivity contribution is -0.121. The molecule has 0 atom stereocenters. The molecule has 6 heteroatoms. The number of hydrogen-bond donors (Lipinski definition) is 2. The number of carbonyl (C=O) groups excluding carboxylic acids is 1. The Morgan fingerprint density at radius 3 is 1.96 bits per heavy atom. The highest BCUT2D eigenvalue weighted by Gasteiger charge is 2.22. The number of hydrogen-bond acceptors (Lipinski definition) is 3. The Hall–Kier alpha value is -2.18. The number of sulfonamides is 1. The van der Waals surface area contributed by atoms with Gasteiger partial charge < -0.3 is 5.32 Å². The van der Waals surface area contributed by atoms with E-state index in [0.717, 1.165) is 17.5 Å². The summed E-state index contributed by atoms with van der Waals surface area (Å²) >= 11 is 0. The van der Waals surface area contributed by atoms with Gasteiger partial charge in [-0.1, -0.05) is 74.0 Å². The molecule has 0 aliphatic carbocycles. The van der Waals surface area contributed by atoms with E-state index in [1.807, 2.05) is 67.6 Å². The van der Waals surface area contributed by atoms with Crippen molar-refractivity contribution >= 4 is 15.9 Å². The minimum Gasteiger partial charge on any atom is -0.354 e. The van der Waals surface area contributed by atoms with E-state index in [0.29, 0.717) is 6.42 Å². The molecule has 0 heterocycles. The summed E-state index contributed by atoms with van der Waals surface area (Å²) in [6.07, 6.45) is 1.46. The molecule has 5 nitrogen and oxygen atoms in total. The van der Waals surface area contributed by atoms with Crippen LogP contribution in [-0.2, 0) is 14.8 Å². The predicted molar refractivity (Wildman–Crippen MR) is 104 cm³/mol. The topological polar surface area (TPSA) is 75.3 Å². The maximum atomic E-state index is 12.8. The van der Waals surface area contributed by atoms with Crippen molar-refractivity contribution < 1.29 is 13.2 Å². The van der Waals surface area contributed by atoms with Crippen LogP contribution in [0.5, 0.6) is 0 Å². The normalized spacial score (nSPS) is 11.5. The Morgan fingerprint density at radius 1 is 0.923 bits per heavy atom. The van der Waals surface area contributed by atoms with Crippen molar-refractivity contribution in [3.63, 3.8) is 0 Å². The summed E-state index contributed by atoms with van der Waals surface area (Å²) in [6.45, 7) is 2.39. The van der Waals surface area contributed by atoms with Crippen LogP contribution in [0.4, 0.5) is 0 Å². The number of unbranched alkanes of at least 4 members (excludes halogenated alkanes) is 1. The number of carbonyl (C=O) groups is 1. The van der Waals surface area contributed by atoms with E-state index < -0.39 is 15.9 Å². The highest BCUT2D eigenvalue weighted by molar-refractivity contribution is 7.89. The van der Waals surface area contributed by atoms with E-state index >= 15 is 0 Å². The molecule has 140 valence electrons. The van der Waals surface area contributed by atoms with Gasteiger partial charge in [0.25, 0.3) is 0 Å². The molecule has 0 aromatic heterocycles. The van der Waals surface area contributed by atoms with Crippen LogP contribution in [0.2, 0.25) is 0 Å². The molecule has 0 fully saturated rings. The molecule has 0 spiro atoms. The minimum absolute atomic E-state index is 0.119. The van der Waals surface area contributed by atoms with Crippen LogP contribution in [0.1, 0.15) is 36.8 Å². The van der Waals surface area contributed by atoms with Gasteiger partial charge in [-0.25, -0.2) is 13.1 Å². The van der Waals surface area contributed by atoms with Gasteiger partial charge in [0.1, 0.15) is 0 Å². The van der Waals surface area contributed by atoms with Crippen molar-refractivity contribution in [2.24, 2.45) is 0 Å². The van der Waals surface area contributed by atoms with Gasteiger partial charge in [-0.05, 0) is 17.5 Å². The van der Waals surface area contributed by atoms with E-state index in [2.05, 4.69) is 10.0 Å². The maximum absolute atomic E-state index is 12.8. The lowest BCUT2D eigenvalue weighted by Crippen LogP contribution is -2.37. The molecule has 2 aromatic carbocycles. The average molecular weight is 375 g/mol. The zero-order valence-corrected chi connectivity index (χ0v) is 15.8. The monoisotopic (exact) mass is 374 g/mol. The highest BCUT2D eigenvalue weighted by atomic mass is 32.2. The van der Waals surface area contributed by atoms with Crippen LogP contribution in [-0.4, -0.2) is 33.2 Å². The van der Waals surface area contributed by atoms with Crippen LogP contribution >= 0.6 is 0 Å². The van der Waals surface area contributed by atoms with Gasteiger partial charge in [0.05, 0.1) is 11.7 Å². The smallest absolute Gasteiger partial charge is 0.232 e. The summed E-state index contributed by atoms with van der Waals surface area (Å²) in [5.74, 6) is -0.446. The van der Waals surface area contributed by atoms with Crippen LogP contribution in [0.25, 0.3) is 0 Å². The van der Waals surface area contributed by atoms with Crippen LogP contribution in [0.15, 0.2) is 60.7 Å². The van der Waals surface area contributed by atoms with Gasteiger partial charge in [-0.2, -0.15) is 0 Å². The second-order valence-electron chi connectivity index (χ2n) is 6.11. The zero-order chi connectivity index (χ0) is 18.8. The number of amides is 1. The number of rotatable bonds is 10. The first-order valence-corrected chi connectivity index (χ1v) is 10.5. The Labute approximate surface area is 155 Å². The largest absolute Gasteiger partial charge is 0.354 e. The van der Waals surface area contributed by atoms with Crippen LogP contribution in [0.3, 0.4) is 0 Å². The third kappa shape index (κ3) is 6.28. The molecule has 0 aliphatic rings. The summed E-state index contributed by atoms with van der Waals surface area (Å²) < 4.78 is 26.1. The first kappa shape index (κ1) is 20.1. The summed E-state index contributed by atoms with van der Waals surface area (Å²) in [5.41, 5.74) is 1.81. The molecular formula is C20H26N2O3S. The standard InChI is InChI=1S/C20H26N2O3S/c1-2-3-16-26(24,25)22-15-14-21-20(23)19(17-10-6-4-7-11-17)18-12-8-5-9-13-18/h4-13,19,22H,2-3,14-16H2,1H3,(H,21,23). The fourth-order valence-electron chi connectivity index (χ4n) is 2.69. The fraction of sp³-hybridized carbons (Fsp3) is 0.350.